The first-order valence-corrected chi connectivity index (χ1v) is 6.73. The number of hydrogen-bond acceptors (Lipinski definition) is 3. The quantitative estimate of drug-likeness (QED) is 0.746. The summed E-state index contributed by atoms with van der Waals surface area (Å²) in [6.07, 6.45) is 0.705. The lowest BCUT2D eigenvalue weighted by atomic mass is 10.2. The van der Waals surface area contributed by atoms with Gasteiger partial charge in [-0.25, -0.2) is 8.78 Å². The van der Waals surface area contributed by atoms with Gasteiger partial charge in [0.2, 0.25) is 0 Å². The number of rotatable bonds is 7. The molecule has 0 aliphatic rings. The molecule has 1 aromatic carbocycles. The number of amides is 1. The number of benzene rings is 1. The Morgan fingerprint density at radius 2 is 2.11 bits per heavy atom. The van der Waals surface area contributed by atoms with Crippen LogP contribution in [0.4, 0.5) is 8.78 Å². The van der Waals surface area contributed by atoms with E-state index in [9.17, 15) is 13.6 Å². The van der Waals surface area contributed by atoms with Crippen LogP contribution >= 0.6 is 11.8 Å². The van der Waals surface area contributed by atoms with Gasteiger partial charge in [-0.05, 0) is 24.3 Å². The second-order valence-electron chi connectivity index (χ2n) is 3.55. The fraction of sp³-hybridized carbons (Fsp3) is 0.417. The van der Waals surface area contributed by atoms with Crippen LogP contribution in [0.2, 0.25) is 0 Å². The van der Waals surface area contributed by atoms with Crippen LogP contribution in [0.3, 0.4) is 0 Å². The molecule has 0 aromatic heterocycles. The fourth-order valence-electron chi connectivity index (χ4n) is 1.28. The summed E-state index contributed by atoms with van der Waals surface area (Å²) >= 11 is 1.58. The third-order valence-electron chi connectivity index (χ3n) is 2.17. The van der Waals surface area contributed by atoms with Crippen molar-refractivity contribution in [2.24, 2.45) is 0 Å². The largest absolute Gasteiger partial charge is 0.396 e. The normalized spacial score (nSPS) is 10.4. The van der Waals surface area contributed by atoms with E-state index in [1.165, 1.54) is 12.1 Å². The maximum atomic E-state index is 13.3. The molecule has 0 spiro atoms. The predicted octanol–water partition coefficient (Wildman–Crippen LogP) is 1.81. The molecule has 0 aliphatic heterocycles. The summed E-state index contributed by atoms with van der Waals surface area (Å²) in [4.78, 5) is 11.5. The summed E-state index contributed by atoms with van der Waals surface area (Å²) in [6.45, 7) is 0.527. The van der Waals surface area contributed by atoms with Crippen LogP contribution in [-0.2, 0) is 0 Å². The number of carbonyl (C=O) groups excluding carboxylic acids is 1. The molecule has 0 fully saturated rings. The Bertz CT molecular complexity index is 402. The number of aliphatic hydroxyl groups excluding tert-OH is 1. The van der Waals surface area contributed by atoms with Gasteiger partial charge in [0.1, 0.15) is 0 Å². The maximum absolute atomic E-state index is 13.3. The average molecular weight is 275 g/mol. The van der Waals surface area contributed by atoms with Crippen LogP contribution in [0.1, 0.15) is 16.8 Å². The van der Waals surface area contributed by atoms with Crippen molar-refractivity contribution in [3.63, 3.8) is 0 Å². The first kappa shape index (κ1) is 14.9. The summed E-state index contributed by atoms with van der Waals surface area (Å²) < 4.78 is 26.1. The van der Waals surface area contributed by atoms with Crippen molar-refractivity contribution in [3.05, 3.63) is 35.4 Å². The number of halogens is 2. The molecule has 0 saturated heterocycles. The van der Waals surface area contributed by atoms with Gasteiger partial charge in [-0.3, -0.25) is 4.79 Å². The average Bonchev–Trinajstić information content (AvgIpc) is 2.36. The highest BCUT2D eigenvalue weighted by Crippen LogP contribution is 2.11. The molecule has 3 nitrogen and oxygen atoms in total. The van der Waals surface area contributed by atoms with Crippen LogP contribution in [0.5, 0.6) is 0 Å². The lowest BCUT2D eigenvalue weighted by molar-refractivity contribution is 0.0951. The van der Waals surface area contributed by atoms with E-state index in [1.54, 1.807) is 11.8 Å². The van der Waals surface area contributed by atoms with Gasteiger partial charge in [-0.2, -0.15) is 11.8 Å². The minimum absolute atomic E-state index is 0.147. The van der Waals surface area contributed by atoms with E-state index in [1.807, 2.05) is 0 Å². The lowest BCUT2D eigenvalue weighted by Gasteiger charge is -2.06. The van der Waals surface area contributed by atoms with E-state index in [4.69, 9.17) is 5.11 Å². The molecule has 1 rings (SSSR count). The smallest absolute Gasteiger partial charge is 0.254 e. The minimum Gasteiger partial charge on any atom is -0.396 e. The molecule has 0 radical (unpaired) electrons. The zero-order chi connectivity index (χ0) is 13.4. The van der Waals surface area contributed by atoms with E-state index >= 15 is 0 Å². The Kier molecular flexibility index (Phi) is 6.67. The number of hydrogen-bond donors (Lipinski definition) is 2. The van der Waals surface area contributed by atoms with Crippen LogP contribution in [0.15, 0.2) is 18.2 Å². The summed E-state index contributed by atoms with van der Waals surface area (Å²) in [7, 11) is 0. The third-order valence-corrected chi connectivity index (χ3v) is 3.25. The lowest BCUT2D eigenvalue weighted by Crippen LogP contribution is -2.27. The van der Waals surface area contributed by atoms with Crippen LogP contribution < -0.4 is 5.32 Å². The van der Waals surface area contributed by atoms with Gasteiger partial charge >= 0.3 is 0 Å². The van der Waals surface area contributed by atoms with Gasteiger partial charge in [0, 0.05) is 18.9 Å². The molecule has 0 aliphatic carbocycles. The summed E-state index contributed by atoms with van der Waals surface area (Å²) in [5.41, 5.74) is -0.282. The van der Waals surface area contributed by atoms with Crippen molar-refractivity contribution in [1.29, 1.82) is 0 Å². The van der Waals surface area contributed by atoms with Gasteiger partial charge in [0.15, 0.2) is 11.6 Å². The highest BCUT2D eigenvalue weighted by Gasteiger charge is 2.14. The highest BCUT2D eigenvalue weighted by atomic mass is 32.2. The molecule has 0 atom stereocenters. The van der Waals surface area contributed by atoms with Gasteiger partial charge < -0.3 is 10.4 Å². The summed E-state index contributed by atoms with van der Waals surface area (Å²) in [5.74, 6) is -1.29. The number of nitrogens with one attached hydrogen (secondary N) is 1. The first-order valence-electron chi connectivity index (χ1n) is 5.57. The Morgan fingerprint density at radius 1 is 1.33 bits per heavy atom. The Balaban J connectivity index is 2.35. The van der Waals surface area contributed by atoms with Crippen LogP contribution in [-0.4, -0.2) is 35.7 Å². The van der Waals surface area contributed by atoms with Crippen molar-refractivity contribution in [1.82, 2.24) is 5.32 Å². The Labute approximate surface area is 109 Å². The van der Waals surface area contributed by atoms with Gasteiger partial charge in [0.25, 0.3) is 5.91 Å². The molecule has 6 heteroatoms. The highest BCUT2D eigenvalue weighted by molar-refractivity contribution is 7.99. The van der Waals surface area contributed by atoms with Crippen LogP contribution in [0, 0.1) is 11.6 Å². The SMILES string of the molecule is O=C(NCCSCCCO)c1cccc(F)c1F. The van der Waals surface area contributed by atoms with Crippen molar-refractivity contribution >= 4 is 17.7 Å². The van der Waals surface area contributed by atoms with E-state index in [0.29, 0.717) is 18.7 Å². The van der Waals surface area contributed by atoms with E-state index < -0.39 is 17.5 Å². The minimum atomic E-state index is -1.12. The molecule has 18 heavy (non-hydrogen) atoms. The topological polar surface area (TPSA) is 49.3 Å². The first-order chi connectivity index (χ1) is 8.66. The monoisotopic (exact) mass is 275 g/mol. The number of thioether (sulfide) groups is 1. The predicted molar refractivity (Wildman–Crippen MR) is 67.7 cm³/mol. The van der Waals surface area contributed by atoms with Crippen molar-refractivity contribution in [2.45, 2.75) is 6.42 Å². The van der Waals surface area contributed by atoms with Crippen molar-refractivity contribution < 1.29 is 18.7 Å². The molecule has 0 unspecified atom stereocenters. The molecule has 0 bridgehead atoms. The molecule has 2 N–H and O–H groups in total. The van der Waals surface area contributed by atoms with Gasteiger partial charge in [-0.1, -0.05) is 6.07 Å². The van der Waals surface area contributed by atoms with Gasteiger partial charge in [0.05, 0.1) is 5.56 Å². The third kappa shape index (κ3) is 4.62. The second kappa shape index (κ2) is 8.05. The van der Waals surface area contributed by atoms with Crippen molar-refractivity contribution in [2.75, 3.05) is 24.7 Å². The number of carbonyl (C=O) groups is 1. The van der Waals surface area contributed by atoms with E-state index in [2.05, 4.69) is 5.32 Å². The standard InChI is InChI=1S/C12H15F2NO2S/c13-10-4-1-3-9(11(10)14)12(17)15-5-8-18-7-2-6-16/h1,3-4,16H,2,5-8H2,(H,15,17). The molecule has 100 valence electrons. The molecule has 1 amide bonds. The summed E-state index contributed by atoms with van der Waals surface area (Å²) in [5, 5.41) is 11.1. The number of aliphatic hydroxyl groups is 1. The van der Waals surface area contributed by atoms with E-state index in [0.717, 1.165) is 11.8 Å². The van der Waals surface area contributed by atoms with Crippen molar-refractivity contribution in [3.8, 4) is 0 Å². The Hall–Kier alpha value is -1.14. The molecular formula is C12H15F2NO2S. The zero-order valence-corrected chi connectivity index (χ0v) is 10.6. The fourth-order valence-corrected chi connectivity index (χ4v) is 2.06. The second-order valence-corrected chi connectivity index (χ2v) is 4.77. The van der Waals surface area contributed by atoms with E-state index in [-0.39, 0.29) is 12.2 Å². The summed E-state index contributed by atoms with van der Waals surface area (Å²) in [6, 6.07) is 3.51. The van der Waals surface area contributed by atoms with Gasteiger partial charge in [-0.15, -0.1) is 0 Å². The molecule has 0 heterocycles. The Morgan fingerprint density at radius 3 is 2.83 bits per heavy atom. The maximum Gasteiger partial charge on any atom is 0.254 e. The molecule has 0 saturated carbocycles. The zero-order valence-electron chi connectivity index (χ0n) is 9.79. The molecular weight excluding hydrogens is 260 g/mol. The molecule has 1 aromatic rings. The van der Waals surface area contributed by atoms with Crippen LogP contribution in [0.25, 0.3) is 0 Å².